The van der Waals surface area contributed by atoms with Crippen LogP contribution in [0.4, 0.5) is 0 Å². The second kappa shape index (κ2) is 2.82. The van der Waals surface area contributed by atoms with Crippen molar-refractivity contribution in [2.75, 3.05) is 6.54 Å². The van der Waals surface area contributed by atoms with E-state index in [1.165, 1.54) is 17.0 Å². The maximum Gasteiger partial charge on any atom is 0.137 e. The van der Waals surface area contributed by atoms with Crippen LogP contribution < -0.4 is 5.32 Å². The number of rotatable bonds is 0. The Hall–Kier alpha value is -1.35. The largest absolute Gasteiger partial charge is 0.311 e. The van der Waals surface area contributed by atoms with Gasteiger partial charge in [-0.3, -0.25) is 0 Å². The third-order valence-electron chi connectivity index (χ3n) is 2.78. The van der Waals surface area contributed by atoms with Crippen molar-refractivity contribution < 1.29 is 0 Å². The highest BCUT2D eigenvalue weighted by Gasteiger charge is 2.14. The van der Waals surface area contributed by atoms with Crippen LogP contribution in [0.5, 0.6) is 0 Å². The molecule has 0 spiro atoms. The molecule has 72 valence electrons. The van der Waals surface area contributed by atoms with E-state index in [1.807, 2.05) is 0 Å². The molecule has 0 fully saturated rings. The molecule has 0 amide bonds. The summed E-state index contributed by atoms with van der Waals surface area (Å²) in [4.78, 5) is 4.62. The summed E-state index contributed by atoms with van der Waals surface area (Å²) < 4.78 is 2.21. The minimum Gasteiger partial charge on any atom is -0.311 e. The molecule has 0 radical (unpaired) electrons. The topological polar surface area (TPSA) is 29.3 Å². The molecule has 0 saturated heterocycles. The number of aryl methyl sites for hydroxylation is 1. The van der Waals surface area contributed by atoms with Gasteiger partial charge in [0.25, 0.3) is 0 Å². The van der Waals surface area contributed by atoms with Crippen molar-refractivity contribution in [3.8, 4) is 0 Å². The van der Waals surface area contributed by atoms with Crippen LogP contribution in [-0.4, -0.2) is 15.9 Å². The summed E-state index contributed by atoms with van der Waals surface area (Å²) in [6.07, 6.45) is 3.21. The fourth-order valence-corrected chi connectivity index (χ4v) is 2.05. The molecule has 1 aliphatic heterocycles. The van der Waals surface area contributed by atoms with Crippen molar-refractivity contribution in [3.63, 3.8) is 0 Å². The summed E-state index contributed by atoms with van der Waals surface area (Å²) in [6, 6.07) is 4.20. The molecule has 2 aromatic heterocycles. The number of fused-ring (bicyclic) bond motifs is 3. The van der Waals surface area contributed by atoms with Crippen molar-refractivity contribution in [1.29, 1.82) is 0 Å². The van der Waals surface area contributed by atoms with Gasteiger partial charge in [0.1, 0.15) is 5.65 Å². The maximum atomic E-state index is 4.62. The summed E-state index contributed by atoms with van der Waals surface area (Å²) in [5.41, 5.74) is 4.94. The smallest absolute Gasteiger partial charge is 0.137 e. The number of pyridine rings is 1. The average Bonchev–Trinajstić information content (AvgIpc) is 2.56. The van der Waals surface area contributed by atoms with Crippen LogP contribution >= 0.6 is 0 Å². The lowest BCUT2D eigenvalue weighted by Gasteiger charge is -2.12. The van der Waals surface area contributed by atoms with Crippen molar-refractivity contribution in [2.45, 2.75) is 19.9 Å². The molecule has 3 rings (SSSR count). The zero-order valence-corrected chi connectivity index (χ0v) is 8.25. The van der Waals surface area contributed by atoms with Crippen LogP contribution in [0.3, 0.4) is 0 Å². The molecule has 1 N–H and O–H groups in total. The van der Waals surface area contributed by atoms with Gasteiger partial charge in [-0.25, -0.2) is 4.98 Å². The first-order valence-electron chi connectivity index (χ1n) is 5.02. The number of aromatic nitrogens is 2. The van der Waals surface area contributed by atoms with Gasteiger partial charge in [-0.15, -0.1) is 0 Å². The van der Waals surface area contributed by atoms with E-state index in [-0.39, 0.29) is 0 Å². The van der Waals surface area contributed by atoms with Crippen LogP contribution in [0.2, 0.25) is 0 Å². The van der Waals surface area contributed by atoms with E-state index in [4.69, 9.17) is 0 Å². The lowest BCUT2D eigenvalue weighted by atomic mass is 10.2. The van der Waals surface area contributed by atoms with E-state index in [9.17, 15) is 0 Å². The van der Waals surface area contributed by atoms with Crippen molar-refractivity contribution in [2.24, 2.45) is 0 Å². The highest BCUT2D eigenvalue weighted by Crippen LogP contribution is 2.16. The van der Waals surface area contributed by atoms with Crippen molar-refractivity contribution in [1.82, 2.24) is 14.7 Å². The molecular weight excluding hydrogens is 174 g/mol. The van der Waals surface area contributed by atoms with Gasteiger partial charge in [0.15, 0.2) is 0 Å². The van der Waals surface area contributed by atoms with Crippen LogP contribution in [-0.2, 0) is 13.0 Å². The van der Waals surface area contributed by atoms with E-state index < -0.39 is 0 Å². The Morgan fingerprint density at radius 2 is 2.36 bits per heavy atom. The van der Waals surface area contributed by atoms with Gasteiger partial charge in [0, 0.05) is 25.7 Å². The number of imidazole rings is 1. The minimum atomic E-state index is 0.944. The van der Waals surface area contributed by atoms with E-state index in [0.29, 0.717) is 0 Å². The van der Waals surface area contributed by atoms with Gasteiger partial charge in [0.05, 0.1) is 11.4 Å². The normalized spacial score (nSPS) is 15.8. The highest BCUT2D eigenvalue weighted by atomic mass is 15.1. The molecule has 0 atom stereocenters. The monoisotopic (exact) mass is 187 g/mol. The molecule has 2 aromatic rings. The highest BCUT2D eigenvalue weighted by molar-refractivity contribution is 5.45. The number of hydrogen-bond acceptors (Lipinski definition) is 2. The van der Waals surface area contributed by atoms with Crippen molar-refractivity contribution in [3.05, 3.63) is 35.3 Å². The van der Waals surface area contributed by atoms with Gasteiger partial charge in [-0.05, 0) is 18.6 Å². The lowest BCUT2D eigenvalue weighted by molar-refractivity contribution is 0.621. The molecule has 0 aliphatic carbocycles. The predicted octanol–water partition coefficient (Wildman–Crippen LogP) is 1.29. The summed E-state index contributed by atoms with van der Waals surface area (Å²) in [5, 5.41) is 3.38. The first-order chi connectivity index (χ1) is 6.84. The van der Waals surface area contributed by atoms with Gasteiger partial charge < -0.3 is 9.72 Å². The molecule has 0 unspecified atom stereocenters. The SMILES string of the molecule is Cc1ccc2nc3c(n2c1)CNCC3. The zero-order chi connectivity index (χ0) is 9.54. The molecule has 0 saturated carbocycles. The lowest BCUT2D eigenvalue weighted by Crippen LogP contribution is -2.24. The van der Waals surface area contributed by atoms with Gasteiger partial charge in [-0.2, -0.15) is 0 Å². The summed E-state index contributed by atoms with van der Waals surface area (Å²) in [7, 11) is 0. The standard InChI is InChI=1S/C11H13N3/c1-8-2-3-11-13-9-4-5-12-6-10(9)14(11)7-8/h2-3,7,12H,4-6H2,1H3. The maximum absolute atomic E-state index is 4.62. The number of nitrogens with zero attached hydrogens (tertiary/aromatic N) is 2. The third kappa shape index (κ3) is 1.06. The zero-order valence-electron chi connectivity index (χ0n) is 8.25. The Kier molecular flexibility index (Phi) is 1.61. The van der Waals surface area contributed by atoms with E-state index >= 15 is 0 Å². The van der Waals surface area contributed by atoms with Crippen LogP contribution in [0.15, 0.2) is 18.3 Å². The number of hydrogen-bond donors (Lipinski definition) is 1. The summed E-state index contributed by atoms with van der Waals surface area (Å²) in [6.45, 7) is 4.11. The molecular formula is C11H13N3. The Morgan fingerprint density at radius 1 is 1.43 bits per heavy atom. The van der Waals surface area contributed by atoms with Gasteiger partial charge in [-0.1, -0.05) is 6.07 Å². The molecule has 3 heteroatoms. The molecule has 3 nitrogen and oxygen atoms in total. The third-order valence-corrected chi connectivity index (χ3v) is 2.78. The van der Waals surface area contributed by atoms with Crippen molar-refractivity contribution >= 4 is 5.65 Å². The quantitative estimate of drug-likeness (QED) is 0.673. The fourth-order valence-electron chi connectivity index (χ4n) is 2.05. The Morgan fingerprint density at radius 3 is 3.29 bits per heavy atom. The summed E-state index contributed by atoms with van der Waals surface area (Å²) >= 11 is 0. The first kappa shape index (κ1) is 8.00. The minimum absolute atomic E-state index is 0.944. The second-order valence-electron chi connectivity index (χ2n) is 3.87. The van der Waals surface area contributed by atoms with Gasteiger partial charge in [0.2, 0.25) is 0 Å². The number of nitrogens with one attached hydrogen (secondary N) is 1. The van der Waals surface area contributed by atoms with E-state index in [0.717, 1.165) is 25.2 Å². The predicted molar refractivity (Wildman–Crippen MR) is 55.3 cm³/mol. The first-order valence-corrected chi connectivity index (χ1v) is 5.02. The van der Waals surface area contributed by atoms with E-state index in [1.54, 1.807) is 0 Å². The second-order valence-corrected chi connectivity index (χ2v) is 3.87. The molecule has 1 aliphatic rings. The van der Waals surface area contributed by atoms with Gasteiger partial charge >= 0.3 is 0 Å². The molecule has 0 aromatic carbocycles. The Balaban J connectivity index is 2.32. The van der Waals surface area contributed by atoms with Crippen LogP contribution in [0.1, 0.15) is 17.0 Å². The Labute approximate surface area is 82.8 Å². The Bertz CT molecular complexity index is 484. The molecule has 0 bridgehead atoms. The average molecular weight is 187 g/mol. The summed E-state index contributed by atoms with van der Waals surface area (Å²) in [5.74, 6) is 0. The molecule has 14 heavy (non-hydrogen) atoms. The van der Waals surface area contributed by atoms with Crippen LogP contribution in [0.25, 0.3) is 5.65 Å². The fraction of sp³-hybridized carbons (Fsp3) is 0.364. The van der Waals surface area contributed by atoms with Crippen LogP contribution in [0, 0.1) is 6.92 Å². The van der Waals surface area contributed by atoms with E-state index in [2.05, 4.69) is 40.0 Å². The molecule has 3 heterocycles.